The number of hydrogen-bond acceptors (Lipinski definition) is 3. The number of anilines is 1. The summed E-state index contributed by atoms with van der Waals surface area (Å²) in [6, 6.07) is 5.98. The fourth-order valence-corrected chi connectivity index (χ4v) is 2.58. The SMILES string of the molecule is Cn1nc(-c2cc(Br)cc3c2OCC3)cc1N. The maximum atomic E-state index is 5.81. The summed E-state index contributed by atoms with van der Waals surface area (Å²) >= 11 is 3.52. The normalized spacial score (nSPS) is 13.5. The smallest absolute Gasteiger partial charge is 0.132 e. The van der Waals surface area contributed by atoms with Gasteiger partial charge in [-0.1, -0.05) is 15.9 Å². The fourth-order valence-electron chi connectivity index (χ4n) is 2.07. The van der Waals surface area contributed by atoms with Crippen LogP contribution in [0.1, 0.15) is 5.56 Å². The molecule has 0 saturated heterocycles. The van der Waals surface area contributed by atoms with Crippen LogP contribution in [0.3, 0.4) is 0 Å². The van der Waals surface area contributed by atoms with Crippen molar-refractivity contribution in [2.24, 2.45) is 7.05 Å². The van der Waals surface area contributed by atoms with Crippen molar-refractivity contribution < 1.29 is 4.74 Å². The summed E-state index contributed by atoms with van der Waals surface area (Å²) in [5.74, 6) is 1.58. The average Bonchev–Trinajstić information content (AvgIpc) is 2.85. The number of ether oxygens (including phenoxy) is 1. The molecular formula is C12H12BrN3O. The van der Waals surface area contributed by atoms with Gasteiger partial charge in [0.2, 0.25) is 0 Å². The van der Waals surface area contributed by atoms with Crippen LogP contribution in [-0.4, -0.2) is 16.4 Å². The van der Waals surface area contributed by atoms with Gasteiger partial charge in [-0.2, -0.15) is 5.10 Å². The van der Waals surface area contributed by atoms with E-state index in [2.05, 4.69) is 27.1 Å². The van der Waals surface area contributed by atoms with E-state index in [4.69, 9.17) is 10.5 Å². The van der Waals surface area contributed by atoms with Crippen LogP contribution < -0.4 is 10.5 Å². The largest absolute Gasteiger partial charge is 0.492 e. The van der Waals surface area contributed by atoms with E-state index in [-0.39, 0.29) is 0 Å². The van der Waals surface area contributed by atoms with Gasteiger partial charge < -0.3 is 10.5 Å². The molecular weight excluding hydrogens is 282 g/mol. The van der Waals surface area contributed by atoms with Gasteiger partial charge in [0.25, 0.3) is 0 Å². The fraction of sp³-hybridized carbons (Fsp3) is 0.250. The molecule has 3 rings (SSSR count). The molecule has 1 aromatic heterocycles. The van der Waals surface area contributed by atoms with E-state index < -0.39 is 0 Å². The number of fused-ring (bicyclic) bond motifs is 1. The molecule has 2 heterocycles. The molecule has 1 aliphatic rings. The molecule has 0 bridgehead atoms. The van der Waals surface area contributed by atoms with Crippen LogP contribution in [0.15, 0.2) is 22.7 Å². The van der Waals surface area contributed by atoms with E-state index in [9.17, 15) is 0 Å². The van der Waals surface area contributed by atoms with Gasteiger partial charge in [-0.3, -0.25) is 4.68 Å². The third kappa shape index (κ3) is 1.70. The molecule has 5 heteroatoms. The molecule has 0 amide bonds. The van der Waals surface area contributed by atoms with Crippen LogP contribution in [0.2, 0.25) is 0 Å². The number of hydrogen-bond donors (Lipinski definition) is 1. The Balaban J connectivity index is 2.20. The Morgan fingerprint density at radius 1 is 1.41 bits per heavy atom. The first kappa shape index (κ1) is 10.7. The summed E-state index contributed by atoms with van der Waals surface area (Å²) in [6.45, 7) is 0.737. The quantitative estimate of drug-likeness (QED) is 0.878. The molecule has 0 fully saturated rings. The zero-order valence-electron chi connectivity index (χ0n) is 9.40. The highest BCUT2D eigenvalue weighted by Gasteiger charge is 2.20. The number of rotatable bonds is 1. The summed E-state index contributed by atoms with van der Waals surface area (Å²) < 4.78 is 8.38. The Morgan fingerprint density at radius 3 is 2.94 bits per heavy atom. The topological polar surface area (TPSA) is 53.1 Å². The molecule has 4 nitrogen and oxygen atoms in total. The molecule has 0 unspecified atom stereocenters. The van der Waals surface area contributed by atoms with Crippen molar-refractivity contribution in [3.8, 4) is 17.0 Å². The van der Waals surface area contributed by atoms with E-state index in [1.807, 2.05) is 19.2 Å². The van der Waals surface area contributed by atoms with Gasteiger partial charge in [0.05, 0.1) is 12.3 Å². The molecule has 88 valence electrons. The molecule has 1 aromatic carbocycles. The number of nitrogen functional groups attached to an aromatic ring is 1. The maximum absolute atomic E-state index is 5.81. The standard InChI is InChI=1S/C12H12BrN3O/c1-16-11(14)6-10(15-16)9-5-8(13)4-7-2-3-17-12(7)9/h4-6H,2-3,14H2,1H3. The molecule has 0 saturated carbocycles. The van der Waals surface area contributed by atoms with Crippen LogP contribution in [0.25, 0.3) is 11.3 Å². The van der Waals surface area contributed by atoms with Crippen molar-refractivity contribution >= 4 is 21.7 Å². The molecule has 0 atom stereocenters. The maximum Gasteiger partial charge on any atom is 0.132 e. The van der Waals surface area contributed by atoms with Gasteiger partial charge in [0.1, 0.15) is 11.6 Å². The van der Waals surface area contributed by atoms with Crippen molar-refractivity contribution in [2.75, 3.05) is 12.3 Å². The highest BCUT2D eigenvalue weighted by Crippen LogP contribution is 2.39. The lowest BCUT2D eigenvalue weighted by Gasteiger charge is -2.06. The molecule has 0 aliphatic carbocycles. The molecule has 2 N–H and O–H groups in total. The number of nitrogens with two attached hydrogens (primary N) is 1. The van der Waals surface area contributed by atoms with E-state index in [1.165, 1.54) is 5.56 Å². The van der Waals surface area contributed by atoms with Crippen LogP contribution in [0, 0.1) is 0 Å². The Morgan fingerprint density at radius 2 is 2.24 bits per heavy atom. The minimum absolute atomic E-state index is 0.645. The Hall–Kier alpha value is -1.49. The lowest BCUT2D eigenvalue weighted by molar-refractivity contribution is 0.358. The minimum atomic E-state index is 0.645. The molecule has 17 heavy (non-hydrogen) atoms. The van der Waals surface area contributed by atoms with E-state index >= 15 is 0 Å². The second-order valence-electron chi connectivity index (χ2n) is 4.12. The predicted molar refractivity (Wildman–Crippen MR) is 70.0 cm³/mol. The summed E-state index contributed by atoms with van der Waals surface area (Å²) in [5, 5.41) is 4.39. The van der Waals surface area contributed by atoms with Crippen LogP contribution in [0.4, 0.5) is 5.82 Å². The monoisotopic (exact) mass is 293 g/mol. The van der Waals surface area contributed by atoms with Gasteiger partial charge in [0, 0.05) is 29.6 Å². The van der Waals surface area contributed by atoms with Crippen molar-refractivity contribution in [3.05, 3.63) is 28.2 Å². The number of aryl methyl sites for hydroxylation is 1. The predicted octanol–water partition coefficient (Wildman–Crippen LogP) is 2.37. The summed E-state index contributed by atoms with van der Waals surface area (Å²) in [6.07, 6.45) is 0.949. The first-order valence-corrected chi connectivity index (χ1v) is 6.19. The van der Waals surface area contributed by atoms with Crippen LogP contribution in [0.5, 0.6) is 5.75 Å². The molecule has 2 aromatic rings. The van der Waals surface area contributed by atoms with E-state index in [0.29, 0.717) is 5.82 Å². The number of benzene rings is 1. The third-order valence-corrected chi connectivity index (χ3v) is 3.40. The van der Waals surface area contributed by atoms with E-state index in [1.54, 1.807) is 4.68 Å². The Bertz CT molecular complexity index is 572. The van der Waals surface area contributed by atoms with Crippen molar-refractivity contribution in [1.82, 2.24) is 9.78 Å². The van der Waals surface area contributed by atoms with Crippen LogP contribution >= 0.6 is 15.9 Å². The highest BCUT2D eigenvalue weighted by molar-refractivity contribution is 9.10. The zero-order chi connectivity index (χ0) is 12.0. The number of nitrogens with zero attached hydrogens (tertiary/aromatic N) is 2. The summed E-state index contributed by atoms with van der Waals surface area (Å²) in [4.78, 5) is 0. The van der Waals surface area contributed by atoms with E-state index in [0.717, 1.165) is 34.5 Å². The minimum Gasteiger partial charge on any atom is -0.492 e. The van der Waals surface area contributed by atoms with Gasteiger partial charge in [-0.15, -0.1) is 0 Å². The number of halogens is 1. The first-order valence-electron chi connectivity index (χ1n) is 5.40. The van der Waals surface area contributed by atoms with Crippen molar-refractivity contribution in [3.63, 3.8) is 0 Å². The molecule has 0 radical (unpaired) electrons. The van der Waals surface area contributed by atoms with Gasteiger partial charge in [-0.25, -0.2) is 0 Å². The second-order valence-corrected chi connectivity index (χ2v) is 5.03. The summed E-state index contributed by atoms with van der Waals surface area (Å²) in [7, 11) is 1.83. The lowest BCUT2D eigenvalue weighted by atomic mass is 10.1. The first-order chi connectivity index (χ1) is 8.15. The van der Waals surface area contributed by atoms with Gasteiger partial charge in [0.15, 0.2) is 0 Å². The van der Waals surface area contributed by atoms with Crippen molar-refractivity contribution in [1.29, 1.82) is 0 Å². The second kappa shape index (κ2) is 3.77. The Kier molecular flexibility index (Phi) is 2.36. The number of aromatic nitrogens is 2. The Labute approximate surface area is 108 Å². The average molecular weight is 294 g/mol. The summed E-state index contributed by atoms with van der Waals surface area (Å²) in [5.41, 5.74) is 8.88. The van der Waals surface area contributed by atoms with Gasteiger partial charge >= 0.3 is 0 Å². The third-order valence-electron chi connectivity index (χ3n) is 2.94. The van der Waals surface area contributed by atoms with Crippen LogP contribution in [-0.2, 0) is 13.5 Å². The molecule has 1 aliphatic heterocycles. The van der Waals surface area contributed by atoms with Crippen molar-refractivity contribution in [2.45, 2.75) is 6.42 Å². The van der Waals surface area contributed by atoms with Gasteiger partial charge in [-0.05, 0) is 17.7 Å². The molecule has 0 spiro atoms. The lowest BCUT2D eigenvalue weighted by Crippen LogP contribution is -1.96. The highest BCUT2D eigenvalue weighted by atomic mass is 79.9. The zero-order valence-corrected chi connectivity index (χ0v) is 11.0.